The van der Waals surface area contributed by atoms with Gasteiger partial charge in [0.15, 0.2) is 0 Å². The summed E-state index contributed by atoms with van der Waals surface area (Å²) in [6, 6.07) is 12.2. The average molecular weight is 278 g/mol. The summed E-state index contributed by atoms with van der Waals surface area (Å²) in [4.78, 5) is 0. The number of hydrogen-bond acceptors (Lipinski definition) is 2. The van der Waals surface area contributed by atoms with Crippen LogP contribution in [0.15, 0.2) is 40.8 Å². The van der Waals surface area contributed by atoms with Crippen LogP contribution in [0.25, 0.3) is 0 Å². The highest BCUT2D eigenvalue weighted by Gasteiger charge is 2.16. The second kappa shape index (κ2) is 6.78. The van der Waals surface area contributed by atoms with Crippen molar-refractivity contribution in [3.05, 3.63) is 58.5 Å². The smallest absolute Gasteiger partial charge is 0.121 e. The van der Waals surface area contributed by atoms with E-state index >= 15 is 0 Å². The molecular weight excluding hydrogens is 258 g/mol. The lowest BCUT2D eigenvalue weighted by atomic mass is 10.0. The van der Waals surface area contributed by atoms with Gasteiger partial charge in [0.2, 0.25) is 0 Å². The molecular formula is C16H20ClNO. The van der Waals surface area contributed by atoms with E-state index in [0.29, 0.717) is 0 Å². The zero-order chi connectivity index (χ0) is 13.7. The Morgan fingerprint density at radius 3 is 2.63 bits per heavy atom. The molecule has 2 aromatic rings. The van der Waals surface area contributed by atoms with Gasteiger partial charge in [0.25, 0.3) is 0 Å². The molecule has 1 atom stereocenters. The predicted molar refractivity (Wildman–Crippen MR) is 79.6 cm³/mol. The van der Waals surface area contributed by atoms with Gasteiger partial charge >= 0.3 is 0 Å². The molecule has 2 nitrogen and oxygen atoms in total. The molecule has 0 bridgehead atoms. The fraction of sp³-hybridized carbons (Fsp3) is 0.375. The Kier molecular flexibility index (Phi) is 5.06. The molecule has 1 aromatic heterocycles. The quantitative estimate of drug-likeness (QED) is 0.839. The molecule has 0 aliphatic carbocycles. The van der Waals surface area contributed by atoms with Gasteiger partial charge in [-0.15, -0.1) is 0 Å². The molecule has 0 amide bonds. The molecule has 1 aromatic carbocycles. The fourth-order valence-corrected chi connectivity index (χ4v) is 2.33. The molecule has 3 heteroatoms. The first-order valence-electron chi connectivity index (χ1n) is 6.74. The highest BCUT2D eigenvalue weighted by Crippen LogP contribution is 2.24. The van der Waals surface area contributed by atoms with Crippen LogP contribution in [0.1, 0.15) is 36.5 Å². The topological polar surface area (TPSA) is 25.2 Å². The molecule has 102 valence electrons. The maximum absolute atomic E-state index is 6.24. The van der Waals surface area contributed by atoms with Crippen LogP contribution in [0, 0.1) is 6.92 Å². The van der Waals surface area contributed by atoms with Crippen LogP contribution >= 0.6 is 11.6 Å². The van der Waals surface area contributed by atoms with E-state index < -0.39 is 0 Å². The first-order valence-corrected chi connectivity index (χ1v) is 7.11. The van der Waals surface area contributed by atoms with Gasteiger partial charge in [0.05, 0.1) is 6.04 Å². The summed E-state index contributed by atoms with van der Waals surface area (Å²) < 4.78 is 5.75. The van der Waals surface area contributed by atoms with E-state index in [1.807, 2.05) is 37.3 Å². The maximum atomic E-state index is 6.24. The van der Waals surface area contributed by atoms with Crippen LogP contribution in [0.5, 0.6) is 0 Å². The van der Waals surface area contributed by atoms with Gasteiger partial charge in [-0.1, -0.05) is 36.7 Å². The standard InChI is InChI=1S/C16H20ClNO/c1-3-10-18-15(16-9-8-12(2)19-16)11-13-6-4-5-7-14(13)17/h4-9,15,18H,3,10-11H2,1-2H3. The third-order valence-electron chi connectivity index (χ3n) is 3.13. The van der Waals surface area contributed by atoms with Gasteiger partial charge in [0.1, 0.15) is 11.5 Å². The van der Waals surface area contributed by atoms with Crippen LogP contribution in [0.3, 0.4) is 0 Å². The van der Waals surface area contributed by atoms with Crippen molar-refractivity contribution in [1.29, 1.82) is 0 Å². The first-order chi connectivity index (χ1) is 9.20. The van der Waals surface area contributed by atoms with Gasteiger partial charge in [-0.2, -0.15) is 0 Å². The molecule has 1 unspecified atom stereocenters. The summed E-state index contributed by atoms with van der Waals surface area (Å²) in [6.07, 6.45) is 1.94. The van der Waals surface area contributed by atoms with Crippen LogP contribution in [0.2, 0.25) is 5.02 Å². The van der Waals surface area contributed by atoms with E-state index in [9.17, 15) is 0 Å². The first kappa shape index (κ1) is 14.2. The van der Waals surface area contributed by atoms with Gasteiger partial charge in [0, 0.05) is 5.02 Å². The van der Waals surface area contributed by atoms with E-state index in [1.165, 1.54) is 0 Å². The second-order valence-corrected chi connectivity index (χ2v) is 5.16. The van der Waals surface area contributed by atoms with E-state index in [4.69, 9.17) is 16.0 Å². The molecule has 1 heterocycles. The molecule has 0 saturated carbocycles. The lowest BCUT2D eigenvalue weighted by Crippen LogP contribution is -2.23. The SMILES string of the molecule is CCCNC(Cc1ccccc1Cl)c1ccc(C)o1. The molecule has 1 N–H and O–H groups in total. The minimum Gasteiger partial charge on any atom is -0.465 e. The van der Waals surface area contributed by atoms with Gasteiger partial charge in [-0.05, 0) is 50.1 Å². The van der Waals surface area contributed by atoms with E-state index in [2.05, 4.69) is 18.3 Å². The van der Waals surface area contributed by atoms with Gasteiger partial charge in [-0.25, -0.2) is 0 Å². The molecule has 0 aliphatic rings. The zero-order valence-corrected chi connectivity index (χ0v) is 12.2. The van der Waals surface area contributed by atoms with E-state index in [1.54, 1.807) is 0 Å². The third-order valence-corrected chi connectivity index (χ3v) is 3.50. The van der Waals surface area contributed by atoms with Crippen molar-refractivity contribution < 1.29 is 4.42 Å². The van der Waals surface area contributed by atoms with Gasteiger partial charge in [-0.3, -0.25) is 0 Å². The summed E-state index contributed by atoms with van der Waals surface area (Å²) in [6.45, 7) is 5.09. The minimum absolute atomic E-state index is 0.175. The van der Waals surface area contributed by atoms with Crippen molar-refractivity contribution in [3.8, 4) is 0 Å². The molecule has 0 fully saturated rings. The van der Waals surface area contributed by atoms with Crippen molar-refractivity contribution in [1.82, 2.24) is 5.32 Å². The zero-order valence-electron chi connectivity index (χ0n) is 11.4. The lowest BCUT2D eigenvalue weighted by Gasteiger charge is -2.17. The summed E-state index contributed by atoms with van der Waals surface area (Å²) in [5.74, 6) is 1.92. The Morgan fingerprint density at radius 1 is 1.21 bits per heavy atom. The Labute approximate surface area is 119 Å². The monoisotopic (exact) mass is 277 g/mol. The van der Waals surface area contributed by atoms with E-state index in [0.717, 1.165) is 41.5 Å². The largest absolute Gasteiger partial charge is 0.465 e. The summed E-state index contributed by atoms with van der Waals surface area (Å²) in [5, 5.41) is 4.34. The number of hydrogen-bond donors (Lipinski definition) is 1. The Morgan fingerprint density at radius 2 is 2.00 bits per heavy atom. The molecule has 2 rings (SSSR count). The summed E-state index contributed by atoms with van der Waals surface area (Å²) >= 11 is 6.24. The normalized spacial score (nSPS) is 12.6. The number of halogens is 1. The summed E-state index contributed by atoms with van der Waals surface area (Å²) in [5.41, 5.74) is 1.15. The molecule has 19 heavy (non-hydrogen) atoms. The number of aryl methyl sites for hydroxylation is 1. The van der Waals surface area contributed by atoms with Crippen molar-refractivity contribution >= 4 is 11.6 Å². The molecule has 0 saturated heterocycles. The molecule has 0 radical (unpaired) electrons. The molecule has 0 spiro atoms. The van der Waals surface area contributed by atoms with Crippen molar-refractivity contribution in [2.24, 2.45) is 0 Å². The minimum atomic E-state index is 0.175. The Hall–Kier alpha value is -1.25. The Bertz CT molecular complexity index is 521. The number of furan rings is 1. The molecule has 0 aliphatic heterocycles. The van der Waals surface area contributed by atoms with Crippen molar-refractivity contribution in [2.75, 3.05) is 6.54 Å². The van der Waals surface area contributed by atoms with E-state index in [-0.39, 0.29) is 6.04 Å². The third kappa shape index (κ3) is 3.85. The highest BCUT2D eigenvalue weighted by atomic mass is 35.5. The van der Waals surface area contributed by atoms with Crippen LogP contribution in [-0.4, -0.2) is 6.54 Å². The average Bonchev–Trinajstić information content (AvgIpc) is 2.83. The number of nitrogens with one attached hydrogen (secondary N) is 1. The second-order valence-electron chi connectivity index (χ2n) is 4.75. The fourth-order valence-electron chi connectivity index (χ4n) is 2.12. The Balaban J connectivity index is 2.16. The lowest BCUT2D eigenvalue weighted by molar-refractivity contribution is 0.398. The van der Waals surface area contributed by atoms with Gasteiger partial charge < -0.3 is 9.73 Å². The number of benzene rings is 1. The van der Waals surface area contributed by atoms with Crippen LogP contribution in [-0.2, 0) is 6.42 Å². The maximum Gasteiger partial charge on any atom is 0.121 e. The highest BCUT2D eigenvalue weighted by molar-refractivity contribution is 6.31. The van der Waals surface area contributed by atoms with Crippen molar-refractivity contribution in [3.63, 3.8) is 0 Å². The van der Waals surface area contributed by atoms with Crippen LogP contribution in [0.4, 0.5) is 0 Å². The number of rotatable bonds is 6. The summed E-state index contributed by atoms with van der Waals surface area (Å²) in [7, 11) is 0. The van der Waals surface area contributed by atoms with Crippen molar-refractivity contribution in [2.45, 2.75) is 32.7 Å². The predicted octanol–water partition coefficient (Wildman–Crippen LogP) is 4.52. The van der Waals surface area contributed by atoms with Crippen LogP contribution < -0.4 is 5.32 Å².